The normalized spacial score (nSPS) is 13.1. The van der Waals surface area contributed by atoms with Crippen molar-refractivity contribution in [3.8, 4) is 0 Å². The van der Waals surface area contributed by atoms with Crippen LogP contribution in [0.4, 0.5) is 22.0 Å². The SMILES string of the molecule is CNCCc1nc2c(C(F)(F)I)cc(C(F)(F)F)cc2[nH]1. The minimum absolute atomic E-state index is 0.0396. The van der Waals surface area contributed by atoms with Crippen LogP contribution < -0.4 is 5.32 Å². The van der Waals surface area contributed by atoms with Crippen molar-refractivity contribution in [2.45, 2.75) is 16.5 Å². The van der Waals surface area contributed by atoms with E-state index in [1.165, 1.54) is 0 Å². The van der Waals surface area contributed by atoms with Gasteiger partial charge in [0.05, 0.1) is 22.2 Å². The fourth-order valence-electron chi connectivity index (χ4n) is 1.91. The van der Waals surface area contributed by atoms with Gasteiger partial charge in [-0.05, 0) is 19.2 Å². The first-order chi connectivity index (χ1) is 9.63. The van der Waals surface area contributed by atoms with Gasteiger partial charge in [0.2, 0.25) is 0 Å². The van der Waals surface area contributed by atoms with E-state index in [2.05, 4.69) is 15.3 Å². The van der Waals surface area contributed by atoms with Crippen molar-refractivity contribution < 1.29 is 22.0 Å². The molecule has 2 aromatic rings. The lowest BCUT2D eigenvalue weighted by atomic mass is 10.1. The highest BCUT2D eigenvalue weighted by molar-refractivity contribution is 14.1. The van der Waals surface area contributed by atoms with E-state index in [4.69, 9.17) is 0 Å². The first-order valence-electron chi connectivity index (χ1n) is 5.94. The maximum atomic E-state index is 13.6. The first-order valence-corrected chi connectivity index (χ1v) is 7.02. The molecule has 0 amide bonds. The van der Waals surface area contributed by atoms with Crippen molar-refractivity contribution in [2.24, 2.45) is 0 Å². The molecule has 3 nitrogen and oxygen atoms in total. The van der Waals surface area contributed by atoms with Gasteiger partial charge in [-0.1, -0.05) is 0 Å². The van der Waals surface area contributed by atoms with Crippen LogP contribution in [0.5, 0.6) is 0 Å². The van der Waals surface area contributed by atoms with E-state index >= 15 is 0 Å². The summed E-state index contributed by atoms with van der Waals surface area (Å²) in [5.41, 5.74) is -2.03. The zero-order valence-electron chi connectivity index (χ0n) is 10.8. The number of hydrogen-bond donors (Lipinski definition) is 2. The number of rotatable bonds is 4. The van der Waals surface area contributed by atoms with Crippen LogP contribution >= 0.6 is 22.6 Å². The van der Waals surface area contributed by atoms with Gasteiger partial charge in [0.25, 0.3) is 0 Å². The Kier molecular flexibility index (Phi) is 4.43. The Bertz CT molecular complexity index is 645. The third-order valence-electron chi connectivity index (χ3n) is 2.88. The summed E-state index contributed by atoms with van der Waals surface area (Å²) >= 11 is 0.806. The van der Waals surface area contributed by atoms with Crippen molar-refractivity contribution in [2.75, 3.05) is 13.6 Å². The number of likely N-dealkylation sites (N-methyl/N-ethyl adjacent to an activating group) is 1. The van der Waals surface area contributed by atoms with Crippen molar-refractivity contribution in [1.82, 2.24) is 15.3 Å². The van der Waals surface area contributed by atoms with Crippen molar-refractivity contribution in [3.05, 3.63) is 29.1 Å². The third kappa shape index (κ3) is 3.62. The van der Waals surface area contributed by atoms with Gasteiger partial charge in [-0.25, -0.2) is 4.98 Å². The van der Waals surface area contributed by atoms with Crippen LogP contribution in [0.3, 0.4) is 0 Å². The van der Waals surface area contributed by atoms with Gasteiger partial charge in [-0.15, -0.1) is 0 Å². The number of H-pyrrole nitrogens is 1. The van der Waals surface area contributed by atoms with Gasteiger partial charge in [-0.3, -0.25) is 0 Å². The Balaban J connectivity index is 2.63. The van der Waals surface area contributed by atoms with Gasteiger partial charge < -0.3 is 10.3 Å². The van der Waals surface area contributed by atoms with Crippen LogP contribution in [0.2, 0.25) is 0 Å². The van der Waals surface area contributed by atoms with Crippen molar-refractivity contribution >= 4 is 33.6 Å². The summed E-state index contributed by atoms with van der Waals surface area (Å²) in [7, 11) is 1.70. The van der Waals surface area contributed by atoms with Crippen molar-refractivity contribution in [3.63, 3.8) is 0 Å². The summed E-state index contributed by atoms with van der Waals surface area (Å²) < 4.78 is 62.1. The van der Waals surface area contributed by atoms with Crippen LogP contribution in [0.15, 0.2) is 12.1 Å². The second-order valence-corrected chi connectivity index (χ2v) is 5.81. The Hall–Kier alpha value is -0.970. The topological polar surface area (TPSA) is 40.7 Å². The van der Waals surface area contributed by atoms with E-state index in [0.29, 0.717) is 24.9 Å². The maximum Gasteiger partial charge on any atom is 0.416 e. The predicted octanol–water partition coefficient (Wildman–Crippen LogP) is 3.83. The molecule has 0 bridgehead atoms. The molecule has 116 valence electrons. The second kappa shape index (κ2) is 5.67. The molecule has 0 aliphatic rings. The molecule has 0 aliphatic heterocycles. The average Bonchev–Trinajstić information content (AvgIpc) is 2.75. The van der Waals surface area contributed by atoms with Gasteiger partial charge in [0.15, 0.2) is 0 Å². The quantitative estimate of drug-likeness (QED) is 0.450. The lowest BCUT2D eigenvalue weighted by molar-refractivity contribution is -0.137. The van der Waals surface area contributed by atoms with Crippen LogP contribution in [-0.2, 0) is 16.5 Å². The summed E-state index contributed by atoms with van der Waals surface area (Å²) in [5.74, 6) is 0.362. The molecular formula is C12H11F5IN3. The summed E-state index contributed by atoms with van der Waals surface area (Å²) in [4.78, 5) is 6.66. The molecule has 2 N–H and O–H groups in total. The Morgan fingerprint density at radius 3 is 2.43 bits per heavy atom. The molecule has 0 spiro atoms. The molecular weight excluding hydrogens is 408 g/mol. The molecule has 9 heteroatoms. The highest BCUT2D eigenvalue weighted by Gasteiger charge is 2.37. The number of halogens is 6. The Morgan fingerprint density at radius 2 is 1.90 bits per heavy atom. The molecule has 0 saturated carbocycles. The molecule has 1 aromatic carbocycles. The predicted molar refractivity (Wildman–Crippen MR) is 76.6 cm³/mol. The maximum absolute atomic E-state index is 13.6. The number of alkyl halides is 6. The highest BCUT2D eigenvalue weighted by atomic mass is 127. The average molecular weight is 419 g/mol. The lowest BCUT2D eigenvalue weighted by Crippen LogP contribution is -2.11. The Morgan fingerprint density at radius 1 is 1.24 bits per heavy atom. The molecule has 0 aliphatic carbocycles. The molecule has 0 fully saturated rings. The number of fused-ring (bicyclic) bond motifs is 1. The fourth-order valence-corrected chi connectivity index (χ4v) is 2.32. The zero-order chi connectivity index (χ0) is 15.8. The number of hydrogen-bond acceptors (Lipinski definition) is 2. The molecule has 0 atom stereocenters. The molecule has 0 radical (unpaired) electrons. The fraction of sp³-hybridized carbons (Fsp3) is 0.417. The van der Waals surface area contributed by atoms with Gasteiger partial charge in [0, 0.05) is 35.6 Å². The summed E-state index contributed by atoms with van der Waals surface area (Å²) in [6.07, 6.45) is -4.29. The molecule has 1 aromatic heterocycles. The molecule has 2 rings (SSSR count). The van der Waals surface area contributed by atoms with E-state index in [-0.39, 0.29) is 11.0 Å². The number of nitrogens with one attached hydrogen (secondary N) is 2. The molecule has 0 saturated heterocycles. The smallest absolute Gasteiger partial charge is 0.342 e. The molecule has 21 heavy (non-hydrogen) atoms. The minimum Gasteiger partial charge on any atom is -0.342 e. The lowest BCUT2D eigenvalue weighted by Gasteiger charge is -2.13. The summed E-state index contributed by atoms with van der Waals surface area (Å²) in [5, 5.41) is 2.85. The van der Waals surface area contributed by atoms with Gasteiger partial charge in [-0.2, -0.15) is 22.0 Å². The van der Waals surface area contributed by atoms with E-state index < -0.39 is 21.2 Å². The summed E-state index contributed by atoms with van der Waals surface area (Å²) in [6.45, 7) is 0.530. The summed E-state index contributed by atoms with van der Waals surface area (Å²) in [6, 6.07) is 1.26. The van der Waals surface area contributed by atoms with Crippen LogP contribution in [-0.4, -0.2) is 23.6 Å². The highest BCUT2D eigenvalue weighted by Crippen LogP contribution is 2.42. The second-order valence-electron chi connectivity index (χ2n) is 4.45. The van der Waals surface area contributed by atoms with E-state index in [1.54, 1.807) is 7.05 Å². The van der Waals surface area contributed by atoms with Crippen molar-refractivity contribution in [1.29, 1.82) is 0 Å². The van der Waals surface area contributed by atoms with Gasteiger partial charge >= 0.3 is 10.1 Å². The van der Waals surface area contributed by atoms with Crippen LogP contribution in [0, 0.1) is 0 Å². The number of benzene rings is 1. The van der Waals surface area contributed by atoms with E-state index in [0.717, 1.165) is 28.7 Å². The third-order valence-corrected chi connectivity index (χ3v) is 3.46. The van der Waals surface area contributed by atoms with Crippen LogP contribution in [0.25, 0.3) is 11.0 Å². The van der Waals surface area contributed by atoms with E-state index in [1.807, 2.05) is 0 Å². The first kappa shape index (κ1) is 16.4. The number of aromatic nitrogens is 2. The van der Waals surface area contributed by atoms with Crippen LogP contribution in [0.1, 0.15) is 17.0 Å². The molecule has 1 heterocycles. The zero-order valence-corrected chi connectivity index (χ0v) is 12.9. The van der Waals surface area contributed by atoms with Gasteiger partial charge in [0.1, 0.15) is 5.82 Å². The monoisotopic (exact) mass is 419 g/mol. The number of aromatic amines is 1. The number of imidazole rings is 1. The number of nitrogens with zero attached hydrogens (tertiary/aromatic N) is 1. The van der Waals surface area contributed by atoms with E-state index in [9.17, 15) is 22.0 Å². The standard InChI is InChI=1S/C12H11F5IN3/c1-19-3-2-9-20-8-5-6(11(13,14)15)4-7(10(8)21-9)12(16,17)18/h4-5,19H,2-3H2,1H3,(H,20,21). The molecule has 0 unspecified atom stereocenters. The Labute approximate surface area is 130 Å². The largest absolute Gasteiger partial charge is 0.416 e. The minimum atomic E-state index is -4.69.